The summed E-state index contributed by atoms with van der Waals surface area (Å²) in [7, 11) is 0. The molecule has 0 saturated carbocycles. The van der Waals surface area contributed by atoms with Crippen LogP contribution in [0.3, 0.4) is 0 Å². The van der Waals surface area contributed by atoms with E-state index in [-0.39, 0.29) is 0 Å². The molecule has 0 saturated heterocycles. The predicted octanol–water partition coefficient (Wildman–Crippen LogP) is 9.18. The third-order valence-corrected chi connectivity index (χ3v) is 4.82. The molecular weight excluding hydrogens is 360 g/mol. The van der Waals surface area contributed by atoms with Crippen molar-refractivity contribution in [3.63, 3.8) is 0 Å². The Kier molecular flexibility index (Phi) is 29.9. The highest BCUT2D eigenvalue weighted by molar-refractivity contribution is 5.66. The molecule has 0 unspecified atom stereocenters. The quantitative estimate of drug-likeness (QED) is 0.161. The average molecular weight is 411 g/mol. The first kappa shape index (κ1) is 29.9. The smallest absolute Gasteiger partial charge is 0.303 e. The molecule has 3 heteroatoms. The van der Waals surface area contributed by atoms with Crippen molar-refractivity contribution in [2.75, 3.05) is 0 Å². The summed E-state index contributed by atoms with van der Waals surface area (Å²) in [6.45, 7) is 6.42. The van der Waals surface area contributed by atoms with Gasteiger partial charge in [0.1, 0.15) is 0 Å². The number of carboxylic acid groups (broad SMARTS) is 1. The van der Waals surface area contributed by atoms with Gasteiger partial charge in [-0.15, -0.1) is 0 Å². The first-order valence-electron chi connectivity index (χ1n) is 12.4. The van der Waals surface area contributed by atoms with Crippen LogP contribution in [-0.2, 0) is 9.53 Å². The molecule has 0 bridgehead atoms. The number of ether oxygens (including phenoxy) is 1. The maximum Gasteiger partial charge on any atom is 0.303 e. The largest absolute Gasteiger partial charge is 0.481 e. The summed E-state index contributed by atoms with van der Waals surface area (Å²) < 4.78 is 4.95. The molecule has 1 N–H and O–H groups in total. The molecule has 0 aromatic rings. The fourth-order valence-electron chi connectivity index (χ4n) is 3.00. The summed E-state index contributed by atoms with van der Waals surface area (Å²) in [6.07, 6.45) is 29.6. The van der Waals surface area contributed by atoms with Crippen LogP contribution in [-0.4, -0.2) is 11.1 Å². The van der Waals surface area contributed by atoms with Gasteiger partial charge in [0.2, 0.25) is 0 Å². The van der Waals surface area contributed by atoms with E-state index >= 15 is 0 Å². The second kappa shape index (κ2) is 29.0. The number of unbranched alkanes of at least 4 members (excludes halogenated alkanes) is 14. The van der Waals surface area contributed by atoms with E-state index in [4.69, 9.17) is 9.84 Å². The van der Waals surface area contributed by atoms with E-state index in [1.54, 1.807) is 12.5 Å². The van der Waals surface area contributed by atoms with Gasteiger partial charge in [-0.2, -0.15) is 0 Å². The number of hydrogen-bond acceptors (Lipinski definition) is 2. The third kappa shape index (κ3) is 34.6. The van der Waals surface area contributed by atoms with E-state index in [0.717, 1.165) is 25.7 Å². The first-order chi connectivity index (χ1) is 14.2. The Bertz CT molecular complexity index is 349. The number of rotatable bonds is 20. The van der Waals surface area contributed by atoms with Gasteiger partial charge in [0.15, 0.2) is 0 Å². The number of carbonyl (C=O) groups is 1. The Morgan fingerprint density at radius 3 is 1.28 bits per heavy atom. The second-order valence-corrected chi connectivity index (χ2v) is 7.79. The van der Waals surface area contributed by atoms with E-state index in [0.29, 0.717) is 6.42 Å². The van der Waals surface area contributed by atoms with Crippen LogP contribution < -0.4 is 0 Å². The van der Waals surface area contributed by atoms with Gasteiger partial charge in [-0.05, 0) is 31.4 Å². The summed E-state index contributed by atoms with van der Waals surface area (Å²) in [5.74, 6) is -0.653. The van der Waals surface area contributed by atoms with Gasteiger partial charge in [-0.3, -0.25) is 4.79 Å². The maximum absolute atomic E-state index is 10.3. The maximum atomic E-state index is 10.3. The van der Waals surface area contributed by atoms with Gasteiger partial charge in [0.25, 0.3) is 0 Å². The van der Waals surface area contributed by atoms with Crippen molar-refractivity contribution in [2.45, 2.75) is 136 Å². The lowest BCUT2D eigenvalue weighted by Crippen LogP contribution is -1.93. The van der Waals surface area contributed by atoms with Gasteiger partial charge in [-0.1, -0.05) is 111 Å². The Labute approximate surface area is 182 Å². The molecule has 0 aliphatic rings. The van der Waals surface area contributed by atoms with Crippen molar-refractivity contribution >= 4 is 5.97 Å². The van der Waals surface area contributed by atoms with Crippen LogP contribution in [0.2, 0.25) is 0 Å². The second-order valence-electron chi connectivity index (χ2n) is 7.79. The van der Waals surface area contributed by atoms with Crippen LogP contribution in [0.1, 0.15) is 136 Å². The minimum absolute atomic E-state index is 0.345. The molecule has 0 heterocycles. The standard InChI is InChI=1S/C18H36O2.C8H14O/c1-2-3-4-5-6-7-8-9-10-11-12-13-14-15-16-17-18(19)20;1-3-5-7-9-8-6-4-2/h2-17H2,1H3,(H,19,20);5-8H,3-4H2,1-2H3. The number of hydrogen-bond donors (Lipinski definition) is 1. The highest BCUT2D eigenvalue weighted by Crippen LogP contribution is 2.13. The molecule has 0 radical (unpaired) electrons. The SMILES string of the molecule is CCC=COC=CCC.CCCCCCCCCCCCCCCCCC(=O)O. The minimum Gasteiger partial charge on any atom is -0.481 e. The van der Waals surface area contributed by atoms with Crippen LogP contribution in [0.5, 0.6) is 0 Å². The monoisotopic (exact) mass is 410 g/mol. The van der Waals surface area contributed by atoms with E-state index in [1.807, 2.05) is 12.2 Å². The Morgan fingerprint density at radius 2 is 0.966 bits per heavy atom. The van der Waals surface area contributed by atoms with Crippen LogP contribution >= 0.6 is 0 Å². The van der Waals surface area contributed by atoms with Gasteiger partial charge in [0.05, 0.1) is 12.5 Å². The fraction of sp³-hybridized carbons (Fsp3) is 0.808. The van der Waals surface area contributed by atoms with Crippen molar-refractivity contribution in [2.24, 2.45) is 0 Å². The molecule has 0 atom stereocenters. The van der Waals surface area contributed by atoms with Crippen LogP contribution in [0.15, 0.2) is 24.7 Å². The Morgan fingerprint density at radius 1 is 0.621 bits per heavy atom. The van der Waals surface area contributed by atoms with Crippen LogP contribution in [0.25, 0.3) is 0 Å². The molecule has 0 aromatic carbocycles. The zero-order valence-electron chi connectivity index (χ0n) is 19.8. The normalized spacial score (nSPS) is 11.0. The molecule has 0 fully saturated rings. The summed E-state index contributed by atoms with van der Waals surface area (Å²) in [5, 5.41) is 8.52. The van der Waals surface area contributed by atoms with Gasteiger partial charge < -0.3 is 9.84 Å². The topological polar surface area (TPSA) is 46.5 Å². The molecule has 0 aliphatic heterocycles. The van der Waals surface area contributed by atoms with E-state index in [9.17, 15) is 4.79 Å². The Balaban J connectivity index is 0. The fourth-order valence-corrected chi connectivity index (χ4v) is 3.00. The van der Waals surface area contributed by atoms with Crippen molar-refractivity contribution < 1.29 is 14.6 Å². The van der Waals surface area contributed by atoms with E-state index in [1.165, 1.54) is 83.5 Å². The van der Waals surface area contributed by atoms with Crippen LogP contribution in [0, 0.1) is 0 Å². The third-order valence-electron chi connectivity index (χ3n) is 4.82. The highest BCUT2D eigenvalue weighted by Gasteiger charge is 1.97. The highest BCUT2D eigenvalue weighted by atomic mass is 16.5. The lowest BCUT2D eigenvalue weighted by Gasteiger charge is -2.03. The lowest BCUT2D eigenvalue weighted by atomic mass is 10.0. The molecular formula is C26H50O3. The number of aliphatic carboxylic acids is 1. The molecule has 0 amide bonds. The molecule has 0 aliphatic carbocycles. The molecule has 29 heavy (non-hydrogen) atoms. The number of carboxylic acids is 1. The Hall–Kier alpha value is -1.25. The molecule has 0 rings (SSSR count). The first-order valence-corrected chi connectivity index (χ1v) is 12.4. The predicted molar refractivity (Wildman–Crippen MR) is 127 cm³/mol. The van der Waals surface area contributed by atoms with Crippen molar-refractivity contribution in [3.05, 3.63) is 24.7 Å². The zero-order valence-corrected chi connectivity index (χ0v) is 19.8. The minimum atomic E-state index is -0.653. The summed E-state index contributed by atoms with van der Waals surface area (Å²) in [5.41, 5.74) is 0. The van der Waals surface area contributed by atoms with E-state index in [2.05, 4.69) is 20.8 Å². The van der Waals surface area contributed by atoms with Crippen LogP contribution in [0.4, 0.5) is 0 Å². The molecule has 3 nitrogen and oxygen atoms in total. The van der Waals surface area contributed by atoms with Gasteiger partial charge in [-0.25, -0.2) is 0 Å². The number of allylic oxidation sites excluding steroid dienone is 2. The van der Waals surface area contributed by atoms with Crippen molar-refractivity contribution in [1.82, 2.24) is 0 Å². The summed E-state index contributed by atoms with van der Waals surface area (Å²) in [4.78, 5) is 10.3. The molecule has 0 aromatic heterocycles. The van der Waals surface area contributed by atoms with E-state index < -0.39 is 5.97 Å². The van der Waals surface area contributed by atoms with Crippen molar-refractivity contribution in [3.8, 4) is 0 Å². The zero-order chi connectivity index (χ0) is 21.8. The summed E-state index contributed by atoms with van der Waals surface area (Å²) >= 11 is 0. The lowest BCUT2D eigenvalue weighted by molar-refractivity contribution is -0.137. The molecule has 0 spiro atoms. The van der Waals surface area contributed by atoms with Gasteiger partial charge >= 0.3 is 5.97 Å². The molecule has 172 valence electrons. The van der Waals surface area contributed by atoms with Gasteiger partial charge in [0, 0.05) is 6.42 Å². The summed E-state index contributed by atoms with van der Waals surface area (Å²) in [6, 6.07) is 0. The van der Waals surface area contributed by atoms with Crippen molar-refractivity contribution in [1.29, 1.82) is 0 Å². The average Bonchev–Trinajstić information content (AvgIpc) is 2.71.